The van der Waals surface area contributed by atoms with E-state index in [9.17, 15) is 9.90 Å². The molecular formula is C12H18N2O2S. The van der Waals surface area contributed by atoms with Gasteiger partial charge < -0.3 is 10.0 Å². The van der Waals surface area contributed by atoms with E-state index < -0.39 is 11.9 Å². The summed E-state index contributed by atoms with van der Waals surface area (Å²) >= 11 is 1.66. The smallest absolute Gasteiger partial charge is 0.312 e. The van der Waals surface area contributed by atoms with Crippen LogP contribution in [0.2, 0.25) is 0 Å². The van der Waals surface area contributed by atoms with Gasteiger partial charge in [-0.05, 0) is 25.7 Å². The summed E-state index contributed by atoms with van der Waals surface area (Å²) in [5.74, 6) is -1.13. The molecule has 1 unspecified atom stereocenters. The molecule has 17 heavy (non-hydrogen) atoms. The van der Waals surface area contributed by atoms with E-state index >= 15 is 0 Å². The van der Waals surface area contributed by atoms with Crippen molar-refractivity contribution in [3.8, 4) is 0 Å². The summed E-state index contributed by atoms with van der Waals surface area (Å²) in [6.07, 6.45) is 3.74. The molecule has 1 aliphatic carbocycles. The van der Waals surface area contributed by atoms with Crippen molar-refractivity contribution < 1.29 is 9.90 Å². The van der Waals surface area contributed by atoms with Gasteiger partial charge in [-0.2, -0.15) is 0 Å². The van der Waals surface area contributed by atoms with Crippen molar-refractivity contribution in [1.29, 1.82) is 0 Å². The van der Waals surface area contributed by atoms with E-state index in [-0.39, 0.29) is 0 Å². The van der Waals surface area contributed by atoms with Crippen LogP contribution in [0.25, 0.3) is 0 Å². The maximum Gasteiger partial charge on any atom is 0.312 e. The minimum Gasteiger partial charge on any atom is -0.481 e. The van der Waals surface area contributed by atoms with E-state index in [0.29, 0.717) is 0 Å². The number of aryl methyl sites for hydroxylation is 1. The molecule has 1 heterocycles. The minimum atomic E-state index is -0.735. The Kier molecular flexibility index (Phi) is 3.66. The number of hydrogen-bond donors (Lipinski definition) is 1. The lowest BCUT2D eigenvalue weighted by molar-refractivity contribution is -0.139. The van der Waals surface area contributed by atoms with Gasteiger partial charge in [-0.15, -0.1) is 11.3 Å². The van der Waals surface area contributed by atoms with Gasteiger partial charge >= 0.3 is 5.97 Å². The van der Waals surface area contributed by atoms with Crippen molar-refractivity contribution in [2.75, 3.05) is 18.5 Å². The minimum absolute atomic E-state index is 0.390. The molecule has 0 amide bonds. The quantitative estimate of drug-likeness (QED) is 0.897. The van der Waals surface area contributed by atoms with Crippen LogP contribution in [0.3, 0.4) is 0 Å². The number of carbonyl (C=O) groups is 1. The fraction of sp³-hybridized carbons (Fsp3) is 0.667. The molecule has 0 bridgehead atoms. The number of aliphatic carboxylic acids is 1. The van der Waals surface area contributed by atoms with Gasteiger partial charge in [0, 0.05) is 18.5 Å². The number of anilines is 1. The maximum atomic E-state index is 11.2. The molecule has 5 heteroatoms. The lowest BCUT2D eigenvalue weighted by Crippen LogP contribution is -2.19. The molecule has 0 fully saturated rings. The molecule has 0 aromatic carbocycles. The molecule has 1 N–H and O–H groups in total. The Morgan fingerprint density at radius 1 is 1.65 bits per heavy atom. The van der Waals surface area contributed by atoms with Crippen molar-refractivity contribution in [3.63, 3.8) is 0 Å². The molecule has 1 aromatic rings. The molecule has 0 spiro atoms. The Morgan fingerprint density at radius 2 is 2.41 bits per heavy atom. The fourth-order valence-electron chi connectivity index (χ4n) is 2.24. The Morgan fingerprint density at radius 3 is 3.06 bits per heavy atom. The monoisotopic (exact) mass is 254 g/mol. The van der Waals surface area contributed by atoms with Crippen LogP contribution in [0.15, 0.2) is 0 Å². The molecule has 1 aromatic heterocycles. The Bertz CT molecular complexity index is 417. The van der Waals surface area contributed by atoms with Gasteiger partial charge in [0.1, 0.15) is 5.92 Å². The molecule has 4 nitrogen and oxygen atoms in total. The summed E-state index contributed by atoms with van der Waals surface area (Å²) in [7, 11) is 2.02. The lowest BCUT2D eigenvalue weighted by atomic mass is 9.91. The van der Waals surface area contributed by atoms with E-state index in [1.165, 1.54) is 4.88 Å². The number of carboxylic acid groups (broad SMARTS) is 1. The third-order valence-electron chi connectivity index (χ3n) is 3.13. The Labute approximate surface area is 105 Å². The van der Waals surface area contributed by atoms with E-state index in [4.69, 9.17) is 0 Å². The fourth-order valence-corrected chi connectivity index (χ4v) is 3.39. The second-order valence-electron chi connectivity index (χ2n) is 4.51. The Hall–Kier alpha value is -1.10. The number of fused-ring (bicyclic) bond motifs is 1. The number of nitrogens with zero attached hydrogens (tertiary/aromatic N) is 2. The first-order valence-corrected chi connectivity index (χ1v) is 6.88. The molecule has 0 radical (unpaired) electrons. The Balaban J connectivity index is 2.27. The van der Waals surface area contributed by atoms with Crippen LogP contribution in [0.5, 0.6) is 0 Å². The van der Waals surface area contributed by atoms with Crippen LogP contribution < -0.4 is 4.90 Å². The molecular weight excluding hydrogens is 236 g/mol. The summed E-state index contributed by atoms with van der Waals surface area (Å²) in [6.45, 7) is 3.09. The molecule has 1 atom stereocenters. The zero-order valence-corrected chi connectivity index (χ0v) is 11.1. The van der Waals surface area contributed by atoms with Gasteiger partial charge in [0.05, 0.1) is 5.69 Å². The summed E-state index contributed by atoms with van der Waals surface area (Å²) < 4.78 is 0. The third kappa shape index (κ3) is 2.44. The highest BCUT2D eigenvalue weighted by Gasteiger charge is 2.30. The normalized spacial score (nSPS) is 18.8. The average molecular weight is 254 g/mol. The molecule has 2 rings (SSSR count). The number of carboxylic acids is 1. The molecule has 0 saturated heterocycles. The zero-order valence-electron chi connectivity index (χ0n) is 10.3. The van der Waals surface area contributed by atoms with Gasteiger partial charge in [0.15, 0.2) is 5.13 Å². The first-order valence-electron chi connectivity index (χ1n) is 6.07. The predicted molar refractivity (Wildman–Crippen MR) is 69.0 cm³/mol. The van der Waals surface area contributed by atoms with Crippen LogP contribution in [0, 0.1) is 0 Å². The highest BCUT2D eigenvalue weighted by Crippen LogP contribution is 2.37. The van der Waals surface area contributed by atoms with Crippen LogP contribution in [-0.4, -0.2) is 29.7 Å². The van der Waals surface area contributed by atoms with Gasteiger partial charge in [0.2, 0.25) is 0 Å². The molecule has 0 saturated carbocycles. The third-order valence-corrected chi connectivity index (χ3v) is 4.37. The van der Waals surface area contributed by atoms with Crippen LogP contribution >= 0.6 is 11.3 Å². The van der Waals surface area contributed by atoms with E-state index in [2.05, 4.69) is 16.8 Å². The van der Waals surface area contributed by atoms with E-state index in [1.54, 1.807) is 11.3 Å². The molecule has 94 valence electrons. The van der Waals surface area contributed by atoms with Crippen molar-refractivity contribution in [2.45, 2.75) is 38.5 Å². The highest BCUT2D eigenvalue weighted by molar-refractivity contribution is 7.15. The van der Waals surface area contributed by atoms with Crippen LogP contribution in [0.4, 0.5) is 5.13 Å². The number of thiazole rings is 1. The SMILES string of the molecule is CCCN(C)c1nc2c(s1)CCCC2C(=O)O. The summed E-state index contributed by atoms with van der Waals surface area (Å²) in [5.41, 5.74) is 0.812. The van der Waals surface area contributed by atoms with E-state index in [0.717, 1.165) is 43.1 Å². The topological polar surface area (TPSA) is 53.4 Å². The lowest BCUT2D eigenvalue weighted by Gasteiger charge is -2.16. The average Bonchev–Trinajstić information content (AvgIpc) is 2.72. The van der Waals surface area contributed by atoms with Crippen molar-refractivity contribution >= 4 is 22.4 Å². The van der Waals surface area contributed by atoms with Crippen LogP contribution in [0.1, 0.15) is 42.7 Å². The maximum absolute atomic E-state index is 11.2. The van der Waals surface area contributed by atoms with Crippen molar-refractivity contribution in [3.05, 3.63) is 10.6 Å². The number of aromatic nitrogens is 1. The second kappa shape index (κ2) is 5.04. The van der Waals surface area contributed by atoms with E-state index in [1.807, 2.05) is 7.05 Å². The number of hydrogen-bond acceptors (Lipinski definition) is 4. The second-order valence-corrected chi connectivity index (χ2v) is 5.57. The van der Waals surface area contributed by atoms with Gasteiger partial charge in [0.25, 0.3) is 0 Å². The summed E-state index contributed by atoms with van der Waals surface area (Å²) in [6, 6.07) is 0. The standard InChI is InChI=1S/C12H18N2O2S/c1-3-7-14(2)12-13-10-8(11(15)16)5-4-6-9(10)17-12/h8H,3-7H2,1-2H3,(H,15,16). The summed E-state index contributed by atoms with van der Waals surface area (Å²) in [5, 5.41) is 10.2. The van der Waals surface area contributed by atoms with Crippen molar-refractivity contribution in [1.82, 2.24) is 4.98 Å². The first-order chi connectivity index (χ1) is 8.13. The van der Waals surface area contributed by atoms with Crippen molar-refractivity contribution in [2.24, 2.45) is 0 Å². The highest BCUT2D eigenvalue weighted by atomic mass is 32.1. The van der Waals surface area contributed by atoms with Gasteiger partial charge in [-0.3, -0.25) is 4.79 Å². The van der Waals surface area contributed by atoms with Gasteiger partial charge in [-0.25, -0.2) is 4.98 Å². The zero-order chi connectivity index (χ0) is 12.4. The molecule has 1 aliphatic rings. The molecule has 0 aliphatic heterocycles. The predicted octanol–water partition coefficient (Wildman–Crippen LogP) is 2.49. The number of rotatable bonds is 4. The largest absolute Gasteiger partial charge is 0.481 e. The van der Waals surface area contributed by atoms with Crippen LogP contribution in [-0.2, 0) is 11.2 Å². The summed E-state index contributed by atoms with van der Waals surface area (Å²) in [4.78, 5) is 19.0. The first kappa shape index (κ1) is 12.4. The van der Waals surface area contributed by atoms with Gasteiger partial charge in [-0.1, -0.05) is 6.92 Å².